The van der Waals surface area contributed by atoms with Crippen molar-refractivity contribution in [2.24, 2.45) is 5.92 Å². The van der Waals surface area contributed by atoms with Gasteiger partial charge < -0.3 is 20.7 Å². The average molecular weight is 446 g/mol. The number of nitrogens with two attached hydrogens (primary N) is 1. The number of nitrogens with zero attached hydrogens (tertiary/aromatic N) is 5. The molecule has 1 aliphatic heterocycles. The highest BCUT2D eigenvalue weighted by Crippen LogP contribution is 2.33. The van der Waals surface area contributed by atoms with E-state index in [2.05, 4.69) is 50.5 Å². The van der Waals surface area contributed by atoms with Gasteiger partial charge in [-0.2, -0.15) is 4.98 Å². The van der Waals surface area contributed by atoms with Gasteiger partial charge in [0.2, 0.25) is 11.9 Å². The van der Waals surface area contributed by atoms with E-state index in [0.717, 1.165) is 43.0 Å². The minimum Gasteiger partial charge on any atom is -0.378 e. The van der Waals surface area contributed by atoms with E-state index in [4.69, 9.17) is 20.4 Å². The predicted molar refractivity (Wildman–Crippen MR) is 130 cm³/mol. The maximum Gasteiger partial charge on any atom is 0.228 e. The summed E-state index contributed by atoms with van der Waals surface area (Å²) in [5.41, 5.74) is 8.72. The van der Waals surface area contributed by atoms with Gasteiger partial charge in [-0.05, 0) is 37.2 Å². The molecule has 3 heterocycles. The number of aryl methyl sites for hydroxylation is 1. The number of ether oxygens (including phenoxy) is 1. The molecule has 0 bridgehead atoms. The molecular formula is C25H31N7O. The number of hydrogen-bond acceptors (Lipinski definition) is 8. The van der Waals surface area contributed by atoms with Crippen molar-refractivity contribution >= 4 is 17.7 Å². The summed E-state index contributed by atoms with van der Waals surface area (Å²) in [6, 6.07) is 13.2. The minimum atomic E-state index is 0.256. The Hall–Kier alpha value is -3.26. The van der Waals surface area contributed by atoms with Crippen LogP contribution in [0.5, 0.6) is 0 Å². The van der Waals surface area contributed by atoms with E-state index >= 15 is 0 Å². The highest BCUT2D eigenvalue weighted by atomic mass is 16.5. The molecule has 8 heteroatoms. The Morgan fingerprint density at radius 1 is 1.03 bits per heavy atom. The summed E-state index contributed by atoms with van der Waals surface area (Å²) in [5, 5.41) is 3.75. The first-order valence-electron chi connectivity index (χ1n) is 11.8. The number of nitrogens with one attached hydrogen (secondary N) is 1. The van der Waals surface area contributed by atoms with Crippen LogP contribution in [0.15, 0.2) is 48.8 Å². The number of benzene rings is 1. The molecule has 2 aromatic heterocycles. The number of aromatic nitrogens is 4. The first-order chi connectivity index (χ1) is 16.2. The summed E-state index contributed by atoms with van der Waals surface area (Å²) < 4.78 is 5.52. The second-order valence-electron chi connectivity index (χ2n) is 8.83. The number of anilines is 3. The molecular weight excluding hydrogens is 414 g/mol. The van der Waals surface area contributed by atoms with Crippen LogP contribution < -0.4 is 16.0 Å². The van der Waals surface area contributed by atoms with E-state index in [1.54, 1.807) is 12.4 Å². The molecule has 1 aromatic carbocycles. The standard InChI is InChI=1S/C25H31N7O/c26-24-27-16-20(17-28-24)22-15-23(31-25(30-22)32-11-13-33-14-12-32)29-21-8-4-7-19(21)10-9-18-5-2-1-3-6-18/h1-3,5-6,15-17,19,21H,4,7-14H2,(H2,26,27,28)(H,29,30,31)/t19-,21+/m1/s1. The molecule has 33 heavy (non-hydrogen) atoms. The lowest BCUT2D eigenvalue weighted by Crippen LogP contribution is -2.37. The summed E-state index contributed by atoms with van der Waals surface area (Å²) in [4.78, 5) is 20.2. The largest absolute Gasteiger partial charge is 0.378 e. The van der Waals surface area contributed by atoms with Crippen LogP contribution in [0.3, 0.4) is 0 Å². The summed E-state index contributed by atoms with van der Waals surface area (Å²) in [6.45, 7) is 2.94. The first kappa shape index (κ1) is 21.6. The number of morpholine rings is 1. The number of rotatable bonds is 7. The van der Waals surface area contributed by atoms with Gasteiger partial charge in [0.15, 0.2) is 0 Å². The summed E-state index contributed by atoms with van der Waals surface area (Å²) in [7, 11) is 0. The smallest absolute Gasteiger partial charge is 0.228 e. The molecule has 2 aliphatic rings. The van der Waals surface area contributed by atoms with Crippen LogP contribution in [0.25, 0.3) is 11.3 Å². The third-order valence-corrected chi connectivity index (χ3v) is 6.61. The Balaban J connectivity index is 1.36. The Morgan fingerprint density at radius 2 is 1.82 bits per heavy atom. The summed E-state index contributed by atoms with van der Waals surface area (Å²) in [5.74, 6) is 2.46. The van der Waals surface area contributed by atoms with Crippen LogP contribution in [-0.2, 0) is 11.2 Å². The van der Waals surface area contributed by atoms with Crippen molar-refractivity contribution in [3.05, 3.63) is 54.4 Å². The lowest BCUT2D eigenvalue weighted by molar-refractivity contribution is 0.122. The van der Waals surface area contributed by atoms with Gasteiger partial charge in [0.1, 0.15) is 5.82 Å². The fourth-order valence-electron chi connectivity index (χ4n) is 4.79. The molecule has 2 fully saturated rings. The van der Waals surface area contributed by atoms with Crippen molar-refractivity contribution in [3.63, 3.8) is 0 Å². The molecule has 172 valence electrons. The van der Waals surface area contributed by atoms with Crippen molar-refractivity contribution in [1.82, 2.24) is 19.9 Å². The fourth-order valence-corrected chi connectivity index (χ4v) is 4.79. The van der Waals surface area contributed by atoms with Crippen molar-refractivity contribution in [2.75, 3.05) is 42.3 Å². The third-order valence-electron chi connectivity index (χ3n) is 6.61. The maximum atomic E-state index is 5.69. The van der Waals surface area contributed by atoms with E-state index in [-0.39, 0.29) is 5.95 Å². The van der Waals surface area contributed by atoms with E-state index in [1.807, 2.05) is 6.07 Å². The van der Waals surface area contributed by atoms with E-state index in [1.165, 1.54) is 24.8 Å². The number of hydrogen-bond donors (Lipinski definition) is 2. The highest BCUT2D eigenvalue weighted by molar-refractivity contribution is 5.63. The van der Waals surface area contributed by atoms with Crippen LogP contribution >= 0.6 is 0 Å². The van der Waals surface area contributed by atoms with Crippen LogP contribution in [0.1, 0.15) is 31.2 Å². The highest BCUT2D eigenvalue weighted by Gasteiger charge is 2.28. The quantitative estimate of drug-likeness (QED) is 0.569. The Morgan fingerprint density at radius 3 is 2.61 bits per heavy atom. The summed E-state index contributed by atoms with van der Waals surface area (Å²) in [6.07, 6.45) is 9.40. The topological polar surface area (TPSA) is 102 Å². The van der Waals surface area contributed by atoms with E-state index in [0.29, 0.717) is 31.1 Å². The van der Waals surface area contributed by atoms with Crippen molar-refractivity contribution in [3.8, 4) is 11.3 Å². The second-order valence-corrected chi connectivity index (χ2v) is 8.83. The monoisotopic (exact) mass is 445 g/mol. The molecule has 1 saturated heterocycles. The molecule has 2 atom stereocenters. The predicted octanol–water partition coefficient (Wildman–Crippen LogP) is 3.57. The zero-order chi connectivity index (χ0) is 22.5. The van der Waals surface area contributed by atoms with Crippen LogP contribution in [-0.4, -0.2) is 52.3 Å². The van der Waals surface area contributed by atoms with Crippen molar-refractivity contribution in [1.29, 1.82) is 0 Å². The maximum absolute atomic E-state index is 5.69. The van der Waals surface area contributed by atoms with E-state index in [9.17, 15) is 0 Å². The molecule has 0 radical (unpaired) electrons. The first-order valence-corrected chi connectivity index (χ1v) is 11.8. The Labute approximate surface area is 194 Å². The van der Waals surface area contributed by atoms with Gasteiger partial charge >= 0.3 is 0 Å². The lowest BCUT2D eigenvalue weighted by atomic mass is 9.95. The summed E-state index contributed by atoms with van der Waals surface area (Å²) >= 11 is 0. The van der Waals surface area contributed by atoms with Gasteiger partial charge in [-0.25, -0.2) is 15.0 Å². The van der Waals surface area contributed by atoms with Crippen molar-refractivity contribution in [2.45, 2.75) is 38.1 Å². The van der Waals surface area contributed by atoms with E-state index < -0.39 is 0 Å². The third kappa shape index (κ3) is 5.39. The van der Waals surface area contributed by atoms with Gasteiger partial charge in [0.05, 0.1) is 18.9 Å². The van der Waals surface area contributed by atoms with Gasteiger partial charge in [0, 0.05) is 43.2 Å². The van der Waals surface area contributed by atoms with Crippen molar-refractivity contribution < 1.29 is 4.74 Å². The molecule has 1 saturated carbocycles. The van der Waals surface area contributed by atoms with Gasteiger partial charge in [-0.1, -0.05) is 36.8 Å². The molecule has 5 rings (SSSR count). The minimum absolute atomic E-state index is 0.256. The Kier molecular flexibility index (Phi) is 6.62. The van der Waals surface area contributed by atoms with Crippen LogP contribution in [0.4, 0.5) is 17.7 Å². The van der Waals surface area contributed by atoms with Crippen LogP contribution in [0, 0.1) is 5.92 Å². The molecule has 0 amide bonds. The van der Waals surface area contributed by atoms with Gasteiger partial charge in [0.25, 0.3) is 0 Å². The zero-order valence-corrected chi connectivity index (χ0v) is 18.9. The fraction of sp³-hybridized carbons (Fsp3) is 0.440. The molecule has 3 aromatic rings. The lowest BCUT2D eigenvalue weighted by Gasteiger charge is -2.28. The molecule has 8 nitrogen and oxygen atoms in total. The molecule has 3 N–H and O–H groups in total. The zero-order valence-electron chi connectivity index (χ0n) is 18.9. The number of nitrogen functional groups attached to an aromatic ring is 1. The average Bonchev–Trinajstić information content (AvgIpc) is 3.31. The molecule has 1 aliphatic carbocycles. The normalized spacial score (nSPS) is 20.7. The molecule has 0 spiro atoms. The SMILES string of the molecule is Nc1ncc(-c2cc(N[C@H]3CCC[C@@H]3CCc3ccccc3)nc(N3CCOCC3)n2)cn1. The van der Waals surface area contributed by atoms with Crippen LogP contribution in [0.2, 0.25) is 0 Å². The van der Waals surface area contributed by atoms with Gasteiger partial charge in [-0.3, -0.25) is 0 Å². The second kappa shape index (κ2) is 10.1. The Bertz CT molecular complexity index is 1040. The molecule has 0 unspecified atom stereocenters. The van der Waals surface area contributed by atoms with Gasteiger partial charge in [-0.15, -0.1) is 0 Å².